The smallest absolute Gasteiger partial charge is 0.146 e. The van der Waals surface area contributed by atoms with E-state index < -0.39 is 0 Å². The molecule has 4 nitrogen and oxygen atoms in total. The van der Waals surface area contributed by atoms with Gasteiger partial charge in [-0.15, -0.1) is 15.0 Å². The number of fused-ring (bicyclic) bond motifs is 1. The van der Waals surface area contributed by atoms with Crippen molar-refractivity contribution in [2.45, 2.75) is 59.3 Å². The molecule has 1 heterocycles. The quantitative estimate of drug-likeness (QED) is 0.546. The second-order valence-corrected chi connectivity index (χ2v) is 9.80. The molecule has 1 aromatic heterocycles. The maximum atomic E-state index is 11.0. The van der Waals surface area contributed by atoms with Crippen LogP contribution in [0.1, 0.15) is 58.2 Å². The molecule has 0 aliphatic carbocycles. The molecule has 0 fully saturated rings. The van der Waals surface area contributed by atoms with E-state index in [1.54, 1.807) is 4.80 Å². The van der Waals surface area contributed by atoms with Crippen molar-refractivity contribution < 1.29 is 5.11 Å². The van der Waals surface area contributed by atoms with Gasteiger partial charge in [0.2, 0.25) is 0 Å². The lowest BCUT2D eigenvalue weighted by molar-refractivity contribution is 0.438. The molecule has 0 spiro atoms. The van der Waals surface area contributed by atoms with Crippen LogP contribution < -0.4 is 0 Å². The molecule has 5 heteroatoms. The molecule has 0 radical (unpaired) electrons. The first kappa shape index (κ1) is 18.9. The highest BCUT2D eigenvalue weighted by atomic mass is 79.9. The number of aromatic hydroxyl groups is 1. The van der Waals surface area contributed by atoms with E-state index in [1.165, 1.54) is 0 Å². The topological polar surface area (TPSA) is 50.9 Å². The molecule has 0 aliphatic heterocycles. The first-order valence-corrected chi connectivity index (χ1v) is 9.59. The van der Waals surface area contributed by atoms with Gasteiger partial charge in [-0.05, 0) is 56.9 Å². The third-order valence-corrected chi connectivity index (χ3v) is 5.31. The van der Waals surface area contributed by atoms with Crippen LogP contribution in [0.15, 0.2) is 28.7 Å². The largest absolute Gasteiger partial charge is 0.505 e. The molecule has 2 aromatic carbocycles. The number of aromatic nitrogens is 3. The molecule has 138 valence electrons. The predicted octanol–water partition coefficient (Wildman–Crippen LogP) is 5.79. The second-order valence-electron chi connectivity index (χ2n) is 8.94. The number of benzene rings is 2. The minimum atomic E-state index is -0.191. The van der Waals surface area contributed by atoms with Crippen LogP contribution in [0.4, 0.5) is 0 Å². The first-order chi connectivity index (χ1) is 11.9. The molecule has 0 saturated carbocycles. The minimum Gasteiger partial charge on any atom is -0.505 e. The molecule has 0 amide bonds. The Labute approximate surface area is 163 Å². The van der Waals surface area contributed by atoms with E-state index >= 15 is 0 Å². The highest BCUT2D eigenvalue weighted by Crippen LogP contribution is 2.39. The van der Waals surface area contributed by atoms with Gasteiger partial charge in [-0.3, -0.25) is 0 Å². The standard InChI is InChI=1S/C21H26BrN3O/c1-12-8-9-15(22)18-17(12)23-25(24-18)16-11-13(20(2,3)4)10-14(19(16)26)21(5,6)7/h8-11,26H,1-7H3. The lowest BCUT2D eigenvalue weighted by Gasteiger charge is -2.27. The van der Waals surface area contributed by atoms with E-state index in [-0.39, 0.29) is 16.6 Å². The van der Waals surface area contributed by atoms with Crippen LogP contribution in [-0.4, -0.2) is 20.1 Å². The van der Waals surface area contributed by atoms with Crippen LogP contribution in [0.3, 0.4) is 0 Å². The highest BCUT2D eigenvalue weighted by molar-refractivity contribution is 9.10. The molecule has 0 saturated heterocycles. The van der Waals surface area contributed by atoms with Gasteiger partial charge in [-0.25, -0.2) is 0 Å². The van der Waals surface area contributed by atoms with Crippen LogP contribution in [0.2, 0.25) is 0 Å². The molecule has 0 unspecified atom stereocenters. The number of hydrogen-bond donors (Lipinski definition) is 1. The van der Waals surface area contributed by atoms with Crippen molar-refractivity contribution in [3.8, 4) is 11.4 Å². The van der Waals surface area contributed by atoms with Crippen LogP contribution >= 0.6 is 15.9 Å². The Morgan fingerprint density at radius 3 is 2.08 bits per heavy atom. The maximum absolute atomic E-state index is 11.0. The van der Waals surface area contributed by atoms with Gasteiger partial charge in [0.25, 0.3) is 0 Å². The first-order valence-electron chi connectivity index (χ1n) is 8.80. The summed E-state index contributed by atoms with van der Waals surface area (Å²) in [6.07, 6.45) is 0. The number of hydrogen-bond acceptors (Lipinski definition) is 3. The van der Waals surface area contributed by atoms with Crippen LogP contribution in [0, 0.1) is 6.92 Å². The van der Waals surface area contributed by atoms with Crippen molar-refractivity contribution in [1.82, 2.24) is 15.0 Å². The molecule has 3 rings (SSSR count). The monoisotopic (exact) mass is 415 g/mol. The average molecular weight is 416 g/mol. The zero-order valence-corrected chi connectivity index (χ0v) is 18.1. The summed E-state index contributed by atoms with van der Waals surface area (Å²) in [6.45, 7) is 14.8. The van der Waals surface area contributed by atoms with Crippen molar-refractivity contribution in [1.29, 1.82) is 0 Å². The Morgan fingerprint density at radius 1 is 0.923 bits per heavy atom. The van der Waals surface area contributed by atoms with Gasteiger partial charge >= 0.3 is 0 Å². The zero-order valence-electron chi connectivity index (χ0n) is 16.5. The predicted molar refractivity (Wildman–Crippen MR) is 110 cm³/mol. The number of phenols is 1. The number of phenolic OH excluding ortho intramolecular Hbond substituents is 1. The summed E-state index contributed by atoms with van der Waals surface area (Å²) >= 11 is 3.55. The molecule has 0 aliphatic rings. The second kappa shape index (κ2) is 6.08. The molecule has 26 heavy (non-hydrogen) atoms. The Bertz CT molecular complexity index is 952. The van der Waals surface area contributed by atoms with Gasteiger partial charge in [0.05, 0.1) is 0 Å². The van der Waals surface area contributed by atoms with Gasteiger partial charge in [0.15, 0.2) is 0 Å². The van der Waals surface area contributed by atoms with Crippen molar-refractivity contribution in [3.05, 3.63) is 45.4 Å². The molecule has 0 atom stereocenters. The van der Waals surface area contributed by atoms with Crippen LogP contribution in [0.25, 0.3) is 16.7 Å². The van der Waals surface area contributed by atoms with E-state index in [2.05, 4.69) is 73.7 Å². The molecule has 1 N–H and O–H groups in total. The summed E-state index contributed by atoms with van der Waals surface area (Å²) < 4.78 is 0.895. The molecule has 3 aromatic rings. The number of rotatable bonds is 1. The summed E-state index contributed by atoms with van der Waals surface area (Å²) in [5.41, 5.74) is 5.10. The number of halogens is 1. The van der Waals surface area contributed by atoms with E-state index in [1.807, 2.05) is 25.1 Å². The fraction of sp³-hybridized carbons (Fsp3) is 0.429. The Morgan fingerprint density at radius 2 is 1.54 bits per heavy atom. The van der Waals surface area contributed by atoms with Crippen LogP contribution in [-0.2, 0) is 10.8 Å². The van der Waals surface area contributed by atoms with Crippen molar-refractivity contribution in [3.63, 3.8) is 0 Å². The third kappa shape index (κ3) is 3.25. The fourth-order valence-electron chi connectivity index (χ4n) is 2.97. The zero-order chi connectivity index (χ0) is 19.4. The van der Waals surface area contributed by atoms with Gasteiger partial charge < -0.3 is 5.11 Å². The minimum absolute atomic E-state index is 0.0501. The average Bonchev–Trinajstić information content (AvgIpc) is 2.95. The Balaban J connectivity index is 2.34. The Hall–Kier alpha value is -1.88. The number of aryl methyl sites for hydroxylation is 1. The molecule has 0 bridgehead atoms. The normalized spacial score (nSPS) is 12.8. The third-order valence-electron chi connectivity index (χ3n) is 4.67. The summed E-state index contributed by atoms with van der Waals surface area (Å²) in [6, 6.07) is 8.08. The molecular formula is C21H26BrN3O. The van der Waals surface area contributed by atoms with Gasteiger partial charge in [0.1, 0.15) is 22.5 Å². The highest BCUT2D eigenvalue weighted by Gasteiger charge is 2.26. The lowest BCUT2D eigenvalue weighted by Crippen LogP contribution is -2.18. The summed E-state index contributed by atoms with van der Waals surface area (Å²) in [7, 11) is 0. The van der Waals surface area contributed by atoms with Crippen molar-refractivity contribution in [2.24, 2.45) is 0 Å². The summed E-state index contributed by atoms with van der Waals surface area (Å²) in [4.78, 5) is 1.56. The van der Waals surface area contributed by atoms with E-state index in [9.17, 15) is 5.11 Å². The lowest BCUT2D eigenvalue weighted by atomic mass is 9.80. The van der Waals surface area contributed by atoms with E-state index in [4.69, 9.17) is 0 Å². The summed E-state index contributed by atoms with van der Waals surface area (Å²) in [5, 5.41) is 20.3. The SMILES string of the molecule is Cc1ccc(Br)c2nn(-c3cc(C(C)(C)C)cc(C(C)(C)C)c3O)nc12. The Kier molecular flexibility index (Phi) is 4.42. The summed E-state index contributed by atoms with van der Waals surface area (Å²) in [5.74, 6) is 0.236. The van der Waals surface area contributed by atoms with Crippen molar-refractivity contribution in [2.75, 3.05) is 0 Å². The van der Waals surface area contributed by atoms with E-state index in [0.717, 1.165) is 32.2 Å². The fourth-order valence-corrected chi connectivity index (χ4v) is 3.37. The van der Waals surface area contributed by atoms with E-state index in [0.29, 0.717) is 5.69 Å². The maximum Gasteiger partial charge on any atom is 0.146 e. The van der Waals surface area contributed by atoms with Gasteiger partial charge in [-0.1, -0.05) is 53.7 Å². The van der Waals surface area contributed by atoms with Crippen LogP contribution in [0.5, 0.6) is 5.75 Å². The number of nitrogens with zero attached hydrogens (tertiary/aromatic N) is 3. The van der Waals surface area contributed by atoms with Crippen molar-refractivity contribution >= 4 is 27.0 Å². The van der Waals surface area contributed by atoms with Gasteiger partial charge in [0, 0.05) is 10.0 Å². The molecular weight excluding hydrogens is 390 g/mol. The van der Waals surface area contributed by atoms with Gasteiger partial charge in [-0.2, -0.15) is 0 Å².